The monoisotopic (exact) mass is 397 g/mol. The lowest BCUT2D eigenvalue weighted by Crippen LogP contribution is -2.44. The Labute approximate surface area is 157 Å². The molecule has 0 aromatic carbocycles. The summed E-state index contributed by atoms with van der Waals surface area (Å²) in [7, 11) is -2.09. The highest BCUT2D eigenvalue weighted by atomic mass is 32.2. The van der Waals surface area contributed by atoms with Gasteiger partial charge in [0.25, 0.3) is 5.56 Å². The van der Waals surface area contributed by atoms with Crippen molar-refractivity contribution in [2.75, 3.05) is 31.1 Å². The van der Waals surface area contributed by atoms with Crippen LogP contribution in [0.4, 0.5) is 5.69 Å². The van der Waals surface area contributed by atoms with E-state index in [2.05, 4.69) is 15.0 Å². The van der Waals surface area contributed by atoms with Gasteiger partial charge in [-0.1, -0.05) is 5.16 Å². The summed E-state index contributed by atoms with van der Waals surface area (Å²) in [5, 5.41) is 7.71. The molecule has 0 saturated carbocycles. The van der Waals surface area contributed by atoms with Gasteiger partial charge in [0, 0.05) is 32.7 Å². The van der Waals surface area contributed by atoms with Crippen molar-refractivity contribution in [2.45, 2.75) is 31.3 Å². The fourth-order valence-electron chi connectivity index (χ4n) is 3.05. The Morgan fingerprint density at radius 2 is 2.15 bits per heavy atom. The minimum absolute atomic E-state index is 0.0832. The van der Waals surface area contributed by atoms with Crippen LogP contribution < -0.4 is 15.2 Å². The summed E-state index contributed by atoms with van der Waals surface area (Å²) < 4.78 is 39.3. The lowest BCUT2D eigenvalue weighted by Gasteiger charge is -2.34. The third kappa shape index (κ3) is 4.37. The van der Waals surface area contributed by atoms with Crippen molar-refractivity contribution in [3.05, 3.63) is 34.1 Å². The average molecular weight is 397 g/mol. The lowest BCUT2D eigenvalue weighted by molar-refractivity contribution is 0.0363. The highest BCUT2D eigenvalue weighted by Gasteiger charge is 2.25. The van der Waals surface area contributed by atoms with E-state index < -0.39 is 10.0 Å². The molecule has 0 radical (unpaired) electrons. The van der Waals surface area contributed by atoms with Crippen molar-refractivity contribution in [2.24, 2.45) is 7.05 Å². The van der Waals surface area contributed by atoms with Crippen molar-refractivity contribution in [3.8, 4) is 0 Å². The van der Waals surface area contributed by atoms with Gasteiger partial charge < -0.3 is 14.2 Å². The quantitative estimate of drug-likeness (QED) is 0.721. The van der Waals surface area contributed by atoms with Gasteiger partial charge in [-0.25, -0.2) is 17.8 Å². The van der Waals surface area contributed by atoms with E-state index in [0.29, 0.717) is 31.8 Å². The summed E-state index contributed by atoms with van der Waals surface area (Å²) >= 11 is 0. The smallest absolute Gasteiger partial charge is 0.268 e. The molecule has 3 heterocycles. The molecule has 0 aliphatic carbocycles. The number of sulfonamides is 1. The summed E-state index contributed by atoms with van der Waals surface area (Å²) in [6.45, 7) is 5.08. The van der Waals surface area contributed by atoms with Crippen LogP contribution in [0.5, 0.6) is 0 Å². The Morgan fingerprint density at radius 1 is 1.37 bits per heavy atom. The van der Waals surface area contributed by atoms with Crippen LogP contribution >= 0.6 is 0 Å². The minimum Gasteiger partial charge on any atom is -0.374 e. The third-order valence-electron chi connectivity index (χ3n) is 4.45. The number of aromatic nitrogens is 3. The van der Waals surface area contributed by atoms with Crippen LogP contribution in [0.25, 0.3) is 0 Å². The molecule has 148 valence electrons. The Bertz CT molecular complexity index is 948. The van der Waals surface area contributed by atoms with E-state index in [-0.39, 0.29) is 28.9 Å². The Kier molecular flexibility index (Phi) is 5.63. The second kappa shape index (κ2) is 7.79. The maximum Gasteiger partial charge on any atom is 0.268 e. The molecule has 1 fully saturated rings. The van der Waals surface area contributed by atoms with Gasteiger partial charge in [0.05, 0.1) is 24.6 Å². The third-order valence-corrected chi connectivity index (χ3v) is 6.16. The molecule has 0 unspecified atom stereocenters. The molecule has 0 spiro atoms. The molecule has 11 heteroatoms. The van der Waals surface area contributed by atoms with E-state index in [4.69, 9.17) is 9.26 Å². The molecule has 0 amide bonds. The first-order valence-corrected chi connectivity index (χ1v) is 10.1. The van der Waals surface area contributed by atoms with E-state index in [1.807, 2.05) is 4.90 Å². The van der Waals surface area contributed by atoms with Gasteiger partial charge in [0.1, 0.15) is 10.6 Å². The average Bonchev–Trinajstić information content (AvgIpc) is 2.97. The van der Waals surface area contributed by atoms with Crippen molar-refractivity contribution in [3.63, 3.8) is 0 Å². The lowest BCUT2D eigenvalue weighted by atomic mass is 10.2. The molecule has 1 aliphatic heterocycles. The largest absolute Gasteiger partial charge is 0.374 e. The second-order valence-corrected chi connectivity index (χ2v) is 8.16. The maximum absolute atomic E-state index is 12.4. The van der Waals surface area contributed by atoms with E-state index in [9.17, 15) is 13.2 Å². The highest BCUT2D eigenvalue weighted by Crippen LogP contribution is 2.19. The summed E-state index contributed by atoms with van der Waals surface area (Å²) in [6.07, 6.45) is 1.98. The van der Waals surface area contributed by atoms with E-state index in [1.54, 1.807) is 27.1 Å². The summed E-state index contributed by atoms with van der Waals surface area (Å²) in [4.78, 5) is 13.9. The van der Waals surface area contributed by atoms with Crippen LogP contribution in [-0.4, -0.2) is 55.7 Å². The van der Waals surface area contributed by atoms with Gasteiger partial charge in [-0.05, 0) is 20.3 Å². The molecule has 10 nitrogen and oxygen atoms in total. The number of hydrogen-bond acceptors (Lipinski definition) is 8. The number of aryl methyl sites for hydroxylation is 3. The Morgan fingerprint density at radius 3 is 2.81 bits per heavy atom. The zero-order valence-electron chi connectivity index (χ0n) is 15.5. The minimum atomic E-state index is -3.68. The first kappa shape index (κ1) is 19.5. The number of morpholine rings is 1. The predicted octanol–water partition coefficient (Wildman–Crippen LogP) is -0.0411. The highest BCUT2D eigenvalue weighted by molar-refractivity contribution is 7.89. The maximum atomic E-state index is 12.4. The summed E-state index contributed by atoms with van der Waals surface area (Å²) in [6, 6.07) is 1.54. The van der Waals surface area contributed by atoms with Crippen LogP contribution in [0.3, 0.4) is 0 Å². The van der Waals surface area contributed by atoms with Gasteiger partial charge in [0.15, 0.2) is 5.76 Å². The number of anilines is 1. The summed E-state index contributed by atoms with van der Waals surface area (Å²) in [5.41, 5.74) is 0.892. The molecule has 2 aromatic heterocycles. The number of hydrogen-bond donors (Lipinski definition) is 1. The van der Waals surface area contributed by atoms with Gasteiger partial charge in [-0.2, -0.15) is 5.10 Å². The molecule has 27 heavy (non-hydrogen) atoms. The van der Waals surface area contributed by atoms with Crippen LogP contribution in [0, 0.1) is 13.8 Å². The fraction of sp³-hybridized carbons (Fsp3) is 0.562. The van der Waals surface area contributed by atoms with Gasteiger partial charge in [-0.15, -0.1) is 0 Å². The van der Waals surface area contributed by atoms with Crippen molar-refractivity contribution in [1.82, 2.24) is 19.7 Å². The van der Waals surface area contributed by atoms with E-state index in [0.717, 1.165) is 5.69 Å². The normalized spacial score (nSPS) is 18.0. The zero-order valence-corrected chi connectivity index (χ0v) is 16.3. The van der Waals surface area contributed by atoms with Gasteiger partial charge in [-0.3, -0.25) is 4.79 Å². The number of nitrogens with zero attached hydrogens (tertiary/aromatic N) is 4. The molecule has 1 N–H and O–H groups in total. The first-order chi connectivity index (χ1) is 12.8. The summed E-state index contributed by atoms with van der Waals surface area (Å²) in [5.74, 6) is 0.262. The molecule has 1 aliphatic rings. The van der Waals surface area contributed by atoms with Crippen LogP contribution in [-0.2, 0) is 21.8 Å². The second-order valence-electron chi connectivity index (χ2n) is 6.45. The SMILES string of the molecule is Cc1noc(C)c1S(=O)(=O)NCC[C@@H]1CN(c2cnn(C)c(=O)c2)CCO1. The molecule has 3 rings (SSSR count). The molecule has 1 atom stereocenters. The molecule has 1 saturated heterocycles. The predicted molar refractivity (Wildman–Crippen MR) is 97.2 cm³/mol. The van der Waals surface area contributed by atoms with Crippen LogP contribution in [0.2, 0.25) is 0 Å². The van der Waals surface area contributed by atoms with Crippen molar-refractivity contribution < 1.29 is 17.7 Å². The van der Waals surface area contributed by atoms with E-state index in [1.165, 1.54) is 10.7 Å². The molecule has 2 aromatic rings. The molecular formula is C16H23N5O5S. The van der Waals surface area contributed by atoms with Crippen LogP contribution in [0.15, 0.2) is 26.5 Å². The zero-order chi connectivity index (χ0) is 19.6. The van der Waals surface area contributed by atoms with Crippen LogP contribution in [0.1, 0.15) is 17.9 Å². The molecule has 0 bridgehead atoms. The number of ether oxygens (including phenoxy) is 1. The number of rotatable bonds is 6. The van der Waals surface area contributed by atoms with Crippen molar-refractivity contribution >= 4 is 15.7 Å². The molecular weight excluding hydrogens is 374 g/mol. The Balaban J connectivity index is 1.58. The van der Waals surface area contributed by atoms with E-state index >= 15 is 0 Å². The standard InChI is InChI=1S/C16H23N5O5S/c1-11-16(12(2)26-19-11)27(23,24)18-5-4-14-10-21(6-7-25-14)13-8-15(22)20(3)17-9-13/h8-9,14,18H,4-7,10H2,1-3H3/t14-/m1/s1. The van der Waals surface area contributed by atoms with Gasteiger partial charge in [0.2, 0.25) is 10.0 Å². The number of nitrogens with one attached hydrogen (secondary N) is 1. The van der Waals surface area contributed by atoms with Crippen molar-refractivity contribution in [1.29, 1.82) is 0 Å². The fourth-order valence-corrected chi connectivity index (χ4v) is 4.42. The van der Waals surface area contributed by atoms with Gasteiger partial charge >= 0.3 is 0 Å². The first-order valence-electron chi connectivity index (χ1n) is 8.60. The Hall–Kier alpha value is -2.24. The topological polar surface area (TPSA) is 120 Å².